The summed E-state index contributed by atoms with van der Waals surface area (Å²) in [5, 5.41) is 4.80. The van der Waals surface area contributed by atoms with Crippen molar-refractivity contribution in [2.45, 2.75) is 70.4 Å². The zero-order valence-electron chi connectivity index (χ0n) is 16.3. The van der Waals surface area contributed by atoms with Crippen molar-refractivity contribution in [1.29, 1.82) is 0 Å². The van der Waals surface area contributed by atoms with Gasteiger partial charge in [0.2, 0.25) is 0 Å². The molecule has 0 aliphatic heterocycles. The van der Waals surface area contributed by atoms with Crippen LogP contribution in [0.4, 0.5) is 0 Å². The fourth-order valence-corrected chi connectivity index (χ4v) is 3.74. The van der Waals surface area contributed by atoms with Gasteiger partial charge in [0.05, 0.1) is 13.2 Å². The van der Waals surface area contributed by atoms with Crippen LogP contribution >= 0.6 is 12.4 Å². The van der Waals surface area contributed by atoms with E-state index >= 15 is 0 Å². The Morgan fingerprint density at radius 1 is 1.11 bits per heavy atom. The number of benzene rings is 1. The molecule has 0 bridgehead atoms. The number of rotatable bonds is 9. The van der Waals surface area contributed by atoms with Crippen molar-refractivity contribution in [2.75, 3.05) is 13.2 Å². The highest BCUT2D eigenvalue weighted by Gasteiger charge is 2.25. The summed E-state index contributed by atoms with van der Waals surface area (Å²) in [6.07, 6.45) is 7.50. The summed E-state index contributed by atoms with van der Waals surface area (Å²) in [5.41, 5.74) is 7.45. The largest absolute Gasteiger partial charge is 0.380 e. The third-order valence-corrected chi connectivity index (χ3v) is 5.24. The number of hydrogen-bond donors (Lipinski definition) is 1. The molecule has 1 aliphatic rings. The average Bonchev–Trinajstić information content (AvgIpc) is 3.06. The minimum atomic E-state index is 0. The van der Waals surface area contributed by atoms with Gasteiger partial charge in [-0.3, -0.25) is 0 Å². The molecule has 150 valence electrons. The van der Waals surface area contributed by atoms with Gasteiger partial charge >= 0.3 is 0 Å². The highest BCUT2D eigenvalue weighted by Crippen LogP contribution is 2.31. The molecule has 1 fully saturated rings. The van der Waals surface area contributed by atoms with E-state index in [1.165, 1.54) is 5.56 Å². The van der Waals surface area contributed by atoms with Gasteiger partial charge < -0.3 is 10.5 Å². The van der Waals surface area contributed by atoms with Crippen molar-refractivity contribution in [3.8, 4) is 0 Å². The second-order valence-electron chi connectivity index (χ2n) is 7.26. The predicted octanol–water partition coefficient (Wildman–Crippen LogP) is 3.90. The first-order chi connectivity index (χ1) is 12.8. The van der Waals surface area contributed by atoms with Crippen LogP contribution in [-0.2, 0) is 24.1 Å². The lowest BCUT2D eigenvalue weighted by atomic mass is 9.86. The fourth-order valence-electron chi connectivity index (χ4n) is 3.74. The molecule has 1 heterocycles. The Labute approximate surface area is 169 Å². The molecule has 0 unspecified atom stereocenters. The Hall–Kier alpha value is -1.43. The summed E-state index contributed by atoms with van der Waals surface area (Å²) in [6.45, 7) is 4.26. The monoisotopic (exact) mass is 392 g/mol. The van der Waals surface area contributed by atoms with Gasteiger partial charge in [0.1, 0.15) is 5.82 Å². The van der Waals surface area contributed by atoms with Crippen LogP contribution in [0.2, 0.25) is 0 Å². The lowest BCUT2D eigenvalue weighted by Gasteiger charge is -2.25. The van der Waals surface area contributed by atoms with Crippen molar-refractivity contribution in [2.24, 2.45) is 5.73 Å². The molecule has 0 radical (unpaired) electrons. The molecular formula is C21H33ClN4O. The van der Waals surface area contributed by atoms with Crippen molar-refractivity contribution in [3.05, 3.63) is 47.5 Å². The summed E-state index contributed by atoms with van der Waals surface area (Å²) < 4.78 is 7.63. The molecule has 0 amide bonds. The first-order valence-electron chi connectivity index (χ1n) is 10.1. The van der Waals surface area contributed by atoms with E-state index in [0.29, 0.717) is 18.6 Å². The molecule has 1 aliphatic carbocycles. The van der Waals surface area contributed by atoms with Gasteiger partial charge in [0.25, 0.3) is 0 Å². The number of nitrogens with zero attached hydrogens (tertiary/aromatic N) is 3. The number of halogens is 1. The molecule has 5 nitrogen and oxygen atoms in total. The first kappa shape index (κ1) is 21.9. The van der Waals surface area contributed by atoms with E-state index in [0.717, 1.165) is 69.7 Å². The lowest BCUT2D eigenvalue weighted by Crippen LogP contribution is -2.27. The van der Waals surface area contributed by atoms with Crippen molar-refractivity contribution in [1.82, 2.24) is 14.8 Å². The smallest absolute Gasteiger partial charge is 0.150 e. The molecule has 1 aromatic carbocycles. The average molecular weight is 393 g/mol. The van der Waals surface area contributed by atoms with Crippen LogP contribution in [0.5, 0.6) is 0 Å². The minimum Gasteiger partial charge on any atom is -0.380 e. The van der Waals surface area contributed by atoms with Crippen LogP contribution in [0, 0.1) is 0 Å². The van der Waals surface area contributed by atoms with Crippen LogP contribution in [0.1, 0.15) is 62.2 Å². The number of nitrogens with two attached hydrogens (primary N) is 1. The number of aromatic nitrogens is 3. The second-order valence-corrected chi connectivity index (χ2v) is 7.26. The standard InChI is InChI=1S/C21H32N4O.ClH/c1-2-26-16-15-25-21(18-11-13-19(22)14-12-18)23-20(24-25)10-6-9-17-7-4-3-5-8-17;/h3-5,7-8,18-19H,2,6,9-16,22H2,1H3;1H. The Morgan fingerprint density at radius 2 is 1.85 bits per heavy atom. The van der Waals surface area contributed by atoms with Gasteiger partial charge in [0.15, 0.2) is 5.82 Å². The number of ether oxygens (including phenoxy) is 1. The molecule has 0 atom stereocenters. The molecule has 2 aromatic rings. The lowest BCUT2D eigenvalue weighted by molar-refractivity contribution is 0.134. The second kappa shape index (κ2) is 11.4. The van der Waals surface area contributed by atoms with Crippen LogP contribution in [-0.4, -0.2) is 34.0 Å². The molecule has 2 N–H and O–H groups in total. The van der Waals surface area contributed by atoms with Gasteiger partial charge in [-0.05, 0) is 51.0 Å². The van der Waals surface area contributed by atoms with E-state index < -0.39 is 0 Å². The van der Waals surface area contributed by atoms with E-state index in [1.54, 1.807) is 0 Å². The molecule has 6 heteroatoms. The minimum absolute atomic E-state index is 0. The van der Waals surface area contributed by atoms with Gasteiger partial charge in [-0.2, -0.15) is 5.10 Å². The van der Waals surface area contributed by atoms with E-state index in [1.807, 2.05) is 6.92 Å². The summed E-state index contributed by atoms with van der Waals surface area (Å²) in [6, 6.07) is 11.0. The van der Waals surface area contributed by atoms with Gasteiger partial charge in [-0.1, -0.05) is 30.3 Å². The van der Waals surface area contributed by atoms with Gasteiger partial charge in [-0.15, -0.1) is 12.4 Å². The van der Waals surface area contributed by atoms with Crippen LogP contribution in [0.3, 0.4) is 0 Å². The molecule has 1 aromatic heterocycles. The zero-order valence-corrected chi connectivity index (χ0v) is 17.2. The maximum absolute atomic E-state index is 6.07. The molecular weight excluding hydrogens is 360 g/mol. The Kier molecular flexibility index (Phi) is 9.25. The zero-order chi connectivity index (χ0) is 18.2. The maximum Gasteiger partial charge on any atom is 0.150 e. The molecule has 0 spiro atoms. The normalized spacial score (nSPS) is 19.6. The third kappa shape index (κ3) is 6.59. The van der Waals surface area contributed by atoms with Crippen LogP contribution < -0.4 is 5.73 Å². The highest BCUT2D eigenvalue weighted by atomic mass is 35.5. The van der Waals surface area contributed by atoms with Gasteiger partial charge in [0, 0.05) is 25.0 Å². The van der Waals surface area contributed by atoms with Crippen LogP contribution in [0.15, 0.2) is 30.3 Å². The summed E-state index contributed by atoms with van der Waals surface area (Å²) in [4.78, 5) is 4.92. The molecule has 1 saturated carbocycles. The molecule has 0 saturated heterocycles. The fraction of sp³-hybridized carbons (Fsp3) is 0.619. The van der Waals surface area contributed by atoms with Gasteiger partial charge in [-0.25, -0.2) is 9.67 Å². The molecule has 3 rings (SSSR count). The third-order valence-electron chi connectivity index (χ3n) is 5.24. The number of aryl methyl sites for hydroxylation is 2. The topological polar surface area (TPSA) is 66.0 Å². The predicted molar refractivity (Wildman–Crippen MR) is 111 cm³/mol. The van der Waals surface area contributed by atoms with E-state index in [-0.39, 0.29) is 12.4 Å². The Bertz CT molecular complexity index is 653. The van der Waals surface area contributed by atoms with E-state index in [2.05, 4.69) is 35.0 Å². The summed E-state index contributed by atoms with van der Waals surface area (Å²) in [5.74, 6) is 2.61. The van der Waals surface area contributed by atoms with Crippen LogP contribution in [0.25, 0.3) is 0 Å². The SMILES string of the molecule is CCOCCn1nc(CCCc2ccccc2)nc1C1CCC(N)CC1.Cl. The Balaban J connectivity index is 0.00000261. The first-order valence-corrected chi connectivity index (χ1v) is 10.1. The van der Waals surface area contributed by atoms with E-state index in [9.17, 15) is 0 Å². The highest BCUT2D eigenvalue weighted by molar-refractivity contribution is 5.85. The quantitative estimate of drug-likeness (QED) is 0.657. The maximum atomic E-state index is 6.07. The summed E-state index contributed by atoms with van der Waals surface area (Å²) in [7, 11) is 0. The van der Waals surface area contributed by atoms with Crippen molar-refractivity contribution in [3.63, 3.8) is 0 Å². The van der Waals surface area contributed by atoms with E-state index in [4.69, 9.17) is 20.6 Å². The summed E-state index contributed by atoms with van der Waals surface area (Å²) >= 11 is 0. The molecule has 27 heavy (non-hydrogen) atoms. The Morgan fingerprint density at radius 3 is 2.56 bits per heavy atom. The van der Waals surface area contributed by atoms with Crippen molar-refractivity contribution >= 4 is 12.4 Å². The van der Waals surface area contributed by atoms with Crippen molar-refractivity contribution < 1.29 is 4.74 Å². The number of hydrogen-bond acceptors (Lipinski definition) is 4.